The summed E-state index contributed by atoms with van der Waals surface area (Å²) in [5, 5.41) is 26.1. The van der Waals surface area contributed by atoms with Crippen molar-refractivity contribution < 1.29 is 10.2 Å². The lowest BCUT2D eigenvalue weighted by Crippen LogP contribution is -2.01. The van der Waals surface area contributed by atoms with Gasteiger partial charge in [0.1, 0.15) is 5.69 Å². The summed E-state index contributed by atoms with van der Waals surface area (Å²) in [6, 6.07) is 9.30. The van der Waals surface area contributed by atoms with Gasteiger partial charge in [0.25, 0.3) is 0 Å². The molecule has 1 aromatic heterocycles. The third kappa shape index (κ3) is 1.88. The maximum atomic E-state index is 9.00. The van der Waals surface area contributed by atoms with Gasteiger partial charge in [-0.1, -0.05) is 18.2 Å². The Balaban J connectivity index is 2.43. The van der Waals surface area contributed by atoms with Gasteiger partial charge in [-0.2, -0.15) is 9.90 Å². The number of aromatic nitrogens is 3. The van der Waals surface area contributed by atoms with Crippen molar-refractivity contribution in [2.75, 3.05) is 0 Å². The van der Waals surface area contributed by atoms with E-state index < -0.39 is 6.29 Å². The van der Waals surface area contributed by atoms with E-state index in [1.165, 1.54) is 4.80 Å². The Morgan fingerprint density at radius 1 is 1.13 bits per heavy atom. The summed E-state index contributed by atoms with van der Waals surface area (Å²) in [7, 11) is 0. The van der Waals surface area contributed by atoms with E-state index in [2.05, 4.69) is 10.2 Å². The van der Waals surface area contributed by atoms with Gasteiger partial charge in [0.2, 0.25) is 0 Å². The number of hydrogen-bond donors (Lipinski definition) is 2. The highest BCUT2D eigenvalue weighted by Gasteiger charge is 2.13. The molecule has 0 spiro atoms. The molecule has 0 atom stereocenters. The second-order valence-corrected chi connectivity index (χ2v) is 3.17. The average Bonchev–Trinajstić information content (AvgIpc) is 2.62. The maximum Gasteiger partial charge on any atom is 0.199 e. The van der Waals surface area contributed by atoms with Crippen LogP contribution in [0.4, 0.5) is 0 Å². The van der Waals surface area contributed by atoms with E-state index >= 15 is 0 Å². The van der Waals surface area contributed by atoms with Crippen molar-refractivity contribution in [2.24, 2.45) is 0 Å². The minimum Gasteiger partial charge on any atom is -0.363 e. The fourth-order valence-corrected chi connectivity index (χ4v) is 1.31. The minimum absolute atomic E-state index is 0.179. The van der Waals surface area contributed by atoms with Crippen molar-refractivity contribution in [3.8, 4) is 5.69 Å². The van der Waals surface area contributed by atoms with Crippen molar-refractivity contribution in [3.05, 3.63) is 41.7 Å². The van der Waals surface area contributed by atoms with Gasteiger partial charge in [-0.05, 0) is 19.1 Å². The molecule has 0 bridgehead atoms. The molecule has 2 N–H and O–H groups in total. The Hall–Kier alpha value is -1.72. The molecule has 1 aromatic carbocycles. The quantitative estimate of drug-likeness (QED) is 0.703. The van der Waals surface area contributed by atoms with Crippen LogP contribution < -0.4 is 0 Å². The van der Waals surface area contributed by atoms with Crippen LogP contribution in [0.3, 0.4) is 0 Å². The van der Waals surface area contributed by atoms with E-state index in [9.17, 15) is 0 Å². The average molecular weight is 205 g/mol. The first kappa shape index (κ1) is 9.82. The van der Waals surface area contributed by atoms with Gasteiger partial charge in [-0.3, -0.25) is 0 Å². The fourth-order valence-electron chi connectivity index (χ4n) is 1.31. The van der Waals surface area contributed by atoms with Crippen LogP contribution in [0.5, 0.6) is 0 Å². The summed E-state index contributed by atoms with van der Waals surface area (Å²) in [4.78, 5) is 1.38. The lowest BCUT2D eigenvalue weighted by molar-refractivity contribution is -0.0465. The third-order valence-electron chi connectivity index (χ3n) is 2.05. The van der Waals surface area contributed by atoms with Gasteiger partial charge >= 0.3 is 0 Å². The van der Waals surface area contributed by atoms with Crippen LogP contribution in [0.2, 0.25) is 0 Å². The number of benzene rings is 1. The van der Waals surface area contributed by atoms with E-state index in [1.807, 2.05) is 30.3 Å². The summed E-state index contributed by atoms with van der Waals surface area (Å²) in [5.74, 6) is 0. The van der Waals surface area contributed by atoms with Gasteiger partial charge in [-0.15, -0.1) is 5.10 Å². The number of nitrogens with zero attached hydrogens (tertiary/aromatic N) is 3. The molecule has 0 aliphatic heterocycles. The second kappa shape index (κ2) is 3.80. The Morgan fingerprint density at radius 3 is 2.33 bits per heavy atom. The molecule has 0 unspecified atom stereocenters. The first-order valence-electron chi connectivity index (χ1n) is 4.54. The highest BCUT2D eigenvalue weighted by atomic mass is 16.5. The molecule has 2 aromatic rings. The minimum atomic E-state index is -1.58. The molecule has 1 heterocycles. The number of aryl methyl sites for hydroxylation is 1. The second-order valence-electron chi connectivity index (χ2n) is 3.17. The van der Waals surface area contributed by atoms with Crippen molar-refractivity contribution in [1.29, 1.82) is 0 Å². The summed E-state index contributed by atoms with van der Waals surface area (Å²) in [6.45, 7) is 1.68. The fraction of sp³-hybridized carbons (Fsp3) is 0.200. The standard InChI is InChI=1S/C10H11N3O2/c1-7-9(10(14)15)12-13(11-7)8-5-3-2-4-6-8/h2-6,10,14-15H,1H3. The van der Waals surface area contributed by atoms with Crippen LogP contribution in [-0.2, 0) is 0 Å². The van der Waals surface area contributed by atoms with Crippen molar-refractivity contribution >= 4 is 0 Å². The highest BCUT2D eigenvalue weighted by molar-refractivity contribution is 5.29. The van der Waals surface area contributed by atoms with Crippen LogP contribution in [0.25, 0.3) is 5.69 Å². The summed E-state index contributed by atoms with van der Waals surface area (Å²) < 4.78 is 0. The van der Waals surface area contributed by atoms with Gasteiger partial charge < -0.3 is 10.2 Å². The molecule has 15 heavy (non-hydrogen) atoms. The molecule has 2 rings (SSSR count). The molecule has 78 valence electrons. The molecule has 0 fully saturated rings. The number of rotatable bonds is 2. The molecule has 0 aliphatic rings. The number of aliphatic hydroxyl groups is 2. The zero-order valence-electron chi connectivity index (χ0n) is 8.20. The van der Waals surface area contributed by atoms with Crippen LogP contribution in [0, 0.1) is 6.92 Å². The first-order valence-corrected chi connectivity index (χ1v) is 4.54. The smallest absolute Gasteiger partial charge is 0.199 e. The Kier molecular flexibility index (Phi) is 2.49. The summed E-state index contributed by atoms with van der Waals surface area (Å²) >= 11 is 0. The van der Waals surface area contributed by atoms with Crippen molar-refractivity contribution in [1.82, 2.24) is 15.0 Å². The lowest BCUT2D eigenvalue weighted by atomic mass is 10.3. The SMILES string of the molecule is Cc1nn(-c2ccccc2)nc1C(O)O. The van der Waals surface area contributed by atoms with E-state index in [-0.39, 0.29) is 5.69 Å². The summed E-state index contributed by atoms with van der Waals surface area (Å²) in [6.07, 6.45) is -1.58. The first-order chi connectivity index (χ1) is 7.18. The van der Waals surface area contributed by atoms with Crippen molar-refractivity contribution in [2.45, 2.75) is 13.2 Å². The van der Waals surface area contributed by atoms with Crippen molar-refractivity contribution in [3.63, 3.8) is 0 Å². The number of aliphatic hydroxyl groups excluding tert-OH is 1. The van der Waals surface area contributed by atoms with E-state index in [0.717, 1.165) is 5.69 Å². The zero-order valence-corrected chi connectivity index (χ0v) is 8.20. The Morgan fingerprint density at radius 2 is 1.80 bits per heavy atom. The topological polar surface area (TPSA) is 71.2 Å². The predicted molar refractivity (Wildman–Crippen MR) is 53.3 cm³/mol. The normalized spacial score (nSPS) is 10.9. The third-order valence-corrected chi connectivity index (χ3v) is 2.05. The van der Waals surface area contributed by atoms with Gasteiger partial charge in [0.15, 0.2) is 6.29 Å². The van der Waals surface area contributed by atoms with E-state index in [1.54, 1.807) is 6.92 Å². The maximum absolute atomic E-state index is 9.00. The molecule has 0 saturated carbocycles. The molecular weight excluding hydrogens is 194 g/mol. The molecule has 0 aliphatic carbocycles. The Labute approximate surface area is 86.6 Å². The van der Waals surface area contributed by atoms with Gasteiger partial charge in [0, 0.05) is 0 Å². The lowest BCUT2D eigenvalue weighted by Gasteiger charge is -1.98. The van der Waals surface area contributed by atoms with Crippen LogP contribution in [0.1, 0.15) is 17.7 Å². The van der Waals surface area contributed by atoms with E-state index in [4.69, 9.17) is 10.2 Å². The number of para-hydroxylation sites is 1. The molecular formula is C10H11N3O2. The molecule has 5 heteroatoms. The van der Waals surface area contributed by atoms with Crippen LogP contribution in [-0.4, -0.2) is 25.2 Å². The highest BCUT2D eigenvalue weighted by Crippen LogP contribution is 2.12. The molecule has 0 saturated heterocycles. The predicted octanol–water partition coefficient (Wildman–Crippen LogP) is 0.559. The van der Waals surface area contributed by atoms with E-state index in [0.29, 0.717) is 5.69 Å². The van der Waals surface area contributed by atoms with Gasteiger partial charge in [-0.25, -0.2) is 0 Å². The summed E-state index contributed by atoms with van der Waals surface area (Å²) in [5.41, 5.74) is 1.47. The number of hydrogen-bond acceptors (Lipinski definition) is 4. The van der Waals surface area contributed by atoms with Crippen LogP contribution in [0.15, 0.2) is 30.3 Å². The molecule has 0 radical (unpaired) electrons. The van der Waals surface area contributed by atoms with Crippen LogP contribution >= 0.6 is 0 Å². The molecule has 5 nitrogen and oxygen atoms in total. The Bertz CT molecular complexity index is 451. The largest absolute Gasteiger partial charge is 0.363 e. The molecule has 0 amide bonds. The monoisotopic (exact) mass is 205 g/mol. The van der Waals surface area contributed by atoms with Gasteiger partial charge in [0.05, 0.1) is 11.4 Å². The zero-order chi connectivity index (χ0) is 10.8.